The van der Waals surface area contributed by atoms with E-state index in [1.54, 1.807) is 19.1 Å². The number of aromatic nitrogens is 1. The van der Waals surface area contributed by atoms with Crippen LogP contribution in [-0.2, 0) is 0 Å². The van der Waals surface area contributed by atoms with Gasteiger partial charge in [0.05, 0.1) is 5.56 Å². The van der Waals surface area contributed by atoms with Gasteiger partial charge in [0.1, 0.15) is 5.75 Å². The fourth-order valence-electron chi connectivity index (χ4n) is 1.43. The molecule has 2 rings (SSSR count). The summed E-state index contributed by atoms with van der Waals surface area (Å²) < 4.78 is 5.65. The molecule has 0 aliphatic rings. The predicted molar refractivity (Wildman–Crippen MR) is 63.0 cm³/mol. The van der Waals surface area contributed by atoms with E-state index in [4.69, 9.17) is 9.63 Å². The molecule has 0 aliphatic carbocycles. The Kier molecular flexibility index (Phi) is 2.89. The molecule has 88 valence electrons. The van der Waals surface area contributed by atoms with Crippen molar-refractivity contribution in [1.29, 1.82) is 0 Å². The van der Waals surface area contributed by atoms with Gasteiger partial charge in [-0.3, -0.25) is 0 Å². The highest BCUT2D eigenvalue weighted by atomic mass is 79.9. The fraction of sp³-hybridized carbons (Fsp3) is 0.0909. The zero-order valence-electron chi connectivity index (χ0n) is 8.77. The van der Waals surface area contributed by atoms with Gasteiger partial charge in [0.25, 0.3) is 0 Å². The Morgan fingerprint density at radius 3 is 2.71 bits per heavy atom. The summed E-state index contributed by atoms with van der Waals surface area (Å²) in [5, 5.41) is 22.0. The van der Waals surface area contributed by atoms with E-state index in [0.717, 1.165) is 4.47 Å². The van der Waals surface area contributed by atoms with Crippen LogP contribution in [0, 0.1) is 6.92 Å². The number of carbonyl (C=O) groups is 1. The minimum absolute atomic E-state index is 0.0429. The lowest BCUT2D eigenvalue weighted by Gasteiger charge is -2.04. The Labute approximate surface area is 105 Å². The number of benzene rings is 1. The predicted octanol–water partition coefficient (Wildman–Crippen LogP) is 2.82. The van der Waals surface area contributed by atoms with Gasteiger partial charge >= 0.3 is 5.97 Å². The number of nitrogens with zero attached hydrogens (tertiary/aromatic N) is 1. The molecule has 0 amide bonds. The summed E-state index contributed by atoms with van der Waals surface area (Å²) in [7, 11) is 0. The van der Waals surface area contributed by atoms with E-state index in [-0.39, 0.29) is 17.2 Å². The van der Waals surface area contributed by atoms with Crippen LogP contribution in [0.5, 0.6) is 5.75 Å². The van der Waals surface area contributed by atoms with Crippen molar-refractivity contribution in [2.75, 3.05) is 0 Å². The summed E-state index contributed by atoms with van der Waals surface area (Å²) in [6.07, 6.45) is 0. The summed E-state index contributed by atoms with van der Waals surface area (Å²) in [5.41, 5.74) is 0.858. The molecule has 1 aromatic heterocycles. The first-order valence-corrected chi connectivity index (χ1v) is 5.48. The molecule has 0 saturated carbocycles. The van der Waals surface area contributed by atoms with Crippen LogP contribution in [0.2, 0.25) is 0 Å². The smallest absolute Gasteiger partial charge is 0.358 e. The minimum atomic E-state index is -1.17. The van der Waals surface area contributed by atoms with Gasteiger partial charge in [-0.05, 0) is 24.6 Å². The number of phenolic OH excluding ortho intramolecular Hbond substituents is 1. The highest BCUT2D eigenvalue weighted by Gasteiger charge is 2.16. The molecule has 0 spiro atoms. The molecular formula is C11H8BrNO4. The summed E-state index contributed by atoms with van der Waals surface area (Å²) >= 11 is 3.29. The number of hydrogen-bond acceptors (Lipinski definition) is 4. The van der Waals surface area contributed by atoms with E-state index < -0.39 is 5.97 Å². The van der Waals surface area contributed by atoms with Crippen molar-refractivity contribution in [2.45, 2.75) is 6.92 Å². The van der Waals surface area contributed by atoms with Crippen LogP contribution in [-0.4, -0.2) is 21.3 Å². The summed E-state index contributed by atoms with van der Waals surface area (Å²) in [6.45, 7) is 1.73. The third kappa shape index (κ3) is 2.16. The third-order valence-corrected chi connectivity index (χ3v) is 2.72. The number of halogens is 1. The second-order valence-corrected chi connectivity index (χ2v) is 4.42. The second kappa shape index (κ2) is 4.21. The Balaban J connectivity index is 2.56. The number of aromatic hydroxyl groups is 1. The Morgan fingerprint density at radius 2 is 2.12 bits per heavy atom. The number of hydrogen-bond donors (Lipinski definition) is 2. The lowest BCUT2D eigenvalue weighted by Crippen LogP contribution is -1.94. The maximum Gasteiger partial charge on any atom is 0.358 e. The number of carboxylic acid groups (broad SMARTS) is 1. The number of aromatic carboxylic acids is 1. The van der Waals surface area contributed by atoms with Gasteiger partial charge in [0.2, 0.25) is 0 Å². The van der Waals surface area contributed by atoms with E-state index in [9.17, 15) is 9.90 Å². The molecule has 0 aliphatic heterocycles. The van der Waals surface area contributed by atoms with E-state index in [1.165, 1.54) is 6.07 Å². The van der Waals surface area contributed by atoms with Crippen molar-refractivity contribution >= 4 is 21.9 Å². The van der Waals surface area contributed by atoms with Crippen LogP contribution in [0.4, 0.5) is 0 Å². The first kappa shape index (κ1) is 11.7. The number of rotatable bonds is 2. The molecule has 2 aromatic rings. The van der Waals surface area contributed by atoms with Gasteiger partial charge in [-0.25, -0.2) is 4.79 Å². The summed E-state index contributed by atoms with van der Waals surface area (Å²) in [4.78, 5) is 10.7. The lowest BCUT2D eigenvalue weighted by molar-refractivity contribution is 0.0686. The number of phenols is 1. The molecule has 1 heterocycles. The fourth-order valence-corrected chi connectivity index (χ4v) is 2.00. The van der Waals surface area contributed by atoms with Gasteiger partial charge in [-0.15, -0.1) is 0 Å². The zero-order valence-corrected chi connectivity index (χ0v) is 10.4. The highest BCUT2D eigenvalue weighted by Crippen LogP contribution is 2.35. The Hall–Kier alpha value is -1.82. The molecule has 1 aromatic carbocycles. The van der Waals surface area contributed by atoms with Crippen LogP contribution < -0.4 is 0 Å². The van der Waals surface area contributed by atoms with Crippen LogP contribution in [0.3, 0.4) is 0 Å². The average molecular weight is 298 g/mol. The molecular weight excluding hydrogens is 290 g/mol. The maximum absolute atomic E-state index is 10.7. The maximum atomic E-state index is 10.7. The van der Waals surface area contributed by atoms with Crippen LogP contribution >= 0.6 is 15.9 Å². The van der Waals surface area contributed by atoms with Gasteiger partial charge in [0, 0.05) is 10.5 Å². The standard InChI is InChI=1S/C11H8BrNO4/c1-5-2-6(12)3-7(10(5)14)9-4-8(11(15)16)13-17-9/h2-4,14H,1H3,(H,15,16). The second-order valence-electron chi connectivity index (χ2n) is 3.50. The number of carboxylic acids is 1. The first-order valence-electron chi connectivity index (χ1n) is 4.68. The van der Waals surface area contributed by atoms with E-state index in [0.29, 0.717) is 11.1 Å². The first-order chi connectivity index (χ1) is 7.99. The highest BCUT2D eigenvalue weighted by molar-refractivity contribution is 9.10. The van der Waals surface area contributed by atoms with Crippen molar-refractivity contribution < 1.29 is 19.5 Å². The summed E-state index contributed by atoms with van der Waals surface area (Å²) in [6, 6.07) is 4.64. The monoisotopic (exact) mass is 297 g/mol. The minimum Gasteiger partial charge on any atom is -0.507 e. The molecule has 0 saturated heterocycles. The van der Waals surface area contributed by atoms with Crippen LogP contribution in [0.15, 0.2) is 27.2 Å². The van der Waals surface area contributed by atoms with Crippen molar-refractivity contribution in [3.63, 3.8) is 0 Å². The van der Waals surface area contributed by atoms with Crippen molar-refractivity contribution in [3.05, 3.63) is 33.9 Å². The molecule has 0 unspecified atom stereocenters. The molecule has 0 fully saturated rings. The quantitative estimate of drug-likeness (QED) is 0.890. The SMILES string of the molecule is Cc1cc(Br)cc(-c2cc(C(=O)O)no2)c1O. The van der Waals surface area contributed by atoms with Gasteiger partial charge in [0.15, 0.2) is 11.5 Å². The zero-order chi connectivity index (χ0) is 12.6. The Bertz CT molecular complexity index is 591. The largest absolute Gasteiger partial charge is 0.507 e. The van der Waals surface area contributed by atoms with Crippen molar-refractivity contribution in [2.24, 2.45) is 0 Å². The van der Waals surface area contributed by atoms with E-state index in [2.05, 4.69) is 21.1 Å². The molecule has 2 N–H and O–H groups in total. The number of aryl methyl sites for hydroxylation is 1. The molecule has 6 heteroatoms. The molecule has 0 bridgehead atoms. The van der Waals surface area contributed by atoms with E-state index in [1.807, 2.05) is 0 Å². The lowest BCUT2D eigenvalue weighted by atomic mass is 10.1. The average Bonchev–Trinajstić information content (AvgIpc) is 2.72. The molecule has 5 nitrogen and oxygen atoms in total. The van der Waals surface area contributed by atoms with Crippen molar-refractivity contribution in [3.8, 4) is 17.1 Å². The normalized spacial score (nSPS) is 10.5. The molecule has 0 atom stereocenters. The van der Waals surface area contributed by atoms with Gasteiger partial charge in [-0.2, -0.15) is 0 Å². The molecule has 0 radical (unpaired) electrons. The summed E-state index contributed by atoms with van der Waals surface area (Å²) in [5.74, 6) is -0.920. The van der Waals surface area contributed by atoms with Gasteiger partial charge in [-0.1, -0.05) is 21.1 Å². The van der Waals surface area contributed by atoms with Crippen LogP contribution in [0.1, 0.15) is 16.1 Å². The van der Waals surface area contributed by atoms with E-state index >= 15 is 0 Å². The Morgan fingerprint density at radius 1 is 1.41 bits per heavy atom. The third-order valence-electron chi connectivity index (χ3n) is 2.26. The molecule has 17 heavy (non-hydrogen) atoms. The topological polar surface area (TPSA) is 83.6 Å². The van der Waals surface area contributed by atoms with Gasteiger partial charge < -0.3 is 14.7 Å². The van der Waals surface area contributed by atoms with Crippen molar-refractivity contribution in [1.82, 2.24) is 5.16 Å². The van der Waals surface area contributed by atoms with Crippen LogP contribution in [0.25, 0.3) is 11.3 Å².